The number of pyridine rings is 1. The van der Waals surface area contributed by atoms with Crippen LogP contribution in [0.5, 0.6) is 0 Å². The van der Waals surface area contributed by atoms with E-state index in [1.54, 1.807) is 17.7 Å². The van der Waals surface area contributed by atoms with Crippen molar-refractivity contribution in [3.05, 3.63) is 52.0 Å². The molecule has 2 aliphatic heterocycles. The second-order valence-electron chi connectivity index (χ2n) is 8.06. The molecule has 1 aromatic carbocycles. The summed E-state index contributed by atoms with van der Waals surface area (Å²) in [6.45, 7) is 1.53. The molecule has 7 nitrogen and oxygen atoms in total. The Hall–Kier alpha value is -2.58. The number of rotatable bonds is 4. The molecule has 0 saturated carbocycles. The van der Waals surface area contributed by atoms with Gasteiger partial charge in [0.15, 0.2) is 0 Å². The fourth-order valence-corrected chi connectivity index (χ4v) is 5.24. The number of anilines is 2. The zero-order valence-electron chi connectivity index (χ0n) is 16.4. The van der Waals surface area contributed by atoms with E-state index < -0.39 is 10.0 Å². The van der Waals surface area contributed by atoms with Crippen molar-refractivity contribution in [2.75, 3.05) is 29.0 Å². The fraction of sp³-hybridized carbons (Fsp3) is 0.381. The van der Waals surface area contributed by atoms with Crippen molar-refractivity contribution in [1.82, 2.24) is 4.57 Å². The largest absolute Gasteiger partial charge is 0.374 e. The number of benzene rings is 1. The van der Waals surface area contributed by atoms with Gasteiger partial charge in [-0.15, -0.1) is 0 Å². The first-order valence-corrected chi connectivity index (χ1v) is 11.6. The van der Waals surface area contributed by atoms with E-state index in [1.165, 1.54) is 0 Å². The van der Waals surface area contributed by atoms with Crippen molar-refractivity contribution in [2.45, 2.75) is 25.0 Å². The number of morpholine rings is 1. The maximum atomic E-state index is 12.5. The van der Waals surface area contributed by atoms with E-state index in [9.17, 15) is 13.2 Å². The molecule has 1 N–H and O–H groups in total. The molecule has 2 saturated heterocycles. The van der Waals surface area contributed by atoms with Crippen molar-refractivity contribution >= 4 is 27.5 Å². The molecule has 0 amide bonds. The molecule has 8 heteroatoms. The Balaban J connectivity index is 1.71. The quantitative estimate of drug-likeness (QED) is 0.829. The number of aryl methyl sites for hydroxylation is 1. The zero-order chi connectivity index (χ0) is 20.3. The van der Waals surface area contributed by atoms with Crippen LogP contribution >= 0.6 is 0 Å². The summed E-state index contributed by atoms with van der Waals surface area (Å²) in [7, 11) is -1.64. The Morgan fingerprint density at radius 1 is 1.24 bits per heavy atom. The summed E-state index contributed by atoms with van der Waals surface area (Å²) >= 11 is 0. The number of aromatic nitrogens is 1. The molecular formula is C21H23N3O4S. The van der Waals surface area contributed by atoms with Gasteiger partial charge < -0.3 is 14.2 Å². The summed E-state index contributed by atoms with van der Waals surface area (Å²) in [6.07, 6.45) is 8.86. The maximum absolute atomic E-state index is 12.5. The van der Waals surface area contributed by atoms with Gasteiger partial charge in [-0.2, -0.15) is 0 Å². The standard InChI is InChI=1S/C21H23N3O4S/c1-23-11-19(16-4-3-5-17(16)21(23)25)18-8-13(22-29(2,26)27)6-7-20(18)24-10-15-9-14(24)12-28-15/h3-4,6-8,11,14-15,22H,5,9-10,12H2,1-2H3. The van der Waals surface area contributed by atoms with Gasteiger partial charge in [-0.25, -0.2) is 8.42 Å². The van der Waals surface area contributed by atoms with Gasteiger partial charge in [-0.3, -0.25) is 9.52 Å². The molecule has 1 aromatic heterocycles. The van der Waals surface area contributed by atoms with Gasteiger partial charge >= 0.3 is 0 Å². The molecule has 2 atom stereocenters. The Morgan fingerprint density at radius 2 is 2.07 bits per heavy atom. The van der Waals surface area contributed by atoms with Gasteiger partial charge in [0, 0.05) is 47.9 Å². The molecule has 2 fully saturated rings. The van der Waals surface area contributed by atoms with Gasteiger partial charge in [0.1, 0.15) is 0 Å². The first-order valence-electron chi connectivity index (χ1n) is 9.69. The Bertz CT molecular complexity index is 1200. The summed E-state index contributed by atoms with van der Waals surface area (Å²) in [5.74, 6) is 0. The second-order valence-corrected chi connectivity index (χ2v) is 9.81. The number of nitrogens with zero attached hydrogens (tertiary/aromatic N) is 2. The summed E-state index contributed by atoms with van der Waals surface area (Å²) in [4.78, 5) is 14.9. The second kappa shape index (κ2) is 6.47. The predicted molar refractivity (Wildman–Crippen MR) is 114 cm³/mol. The molecule has 152 valence electrons. The van der Waals surface area contributed by atoms with E-state index >= 15 is 0 Å². The van der Waals surface area contributed by atoms with Crippen LogP contribution in [0.2, 0.25) is 0 Å². The summed E-state index contributed by atoms with van der Waals surface area (Å²) < 4.78 is 33.5. The summed E-state index contributed by atoms with van der Waals surface area (Å²) in [6, 6.07) is 5.96. The highest BCUT2D eigenvalue weighted by atomic mass is 32.2. The zero-order valence-corrected chi connectivity index (χ0v) is 17.2. The molecule has 3 heterocycles. The highest BCUT2D eigenvalue weighted by Gasteiger charge is 2.40. The van der Waals surface area contributed by atoms with Crippen LogP contribution in [0.4, 0.5) is 11.4 Å². The van der Waals surface area contributed by atoms with Crippen LogP contribution in [0.15, 0.2) is 35.3 Å². The number of sulfonamides is 1. The number of allylic oxidation sites excluding steroid dienone is 1. The summed E-state index contributed by atoms with van der Waals surface area (Å²) in [5, 5.41) is 0. The van der Waals surface area contributed by atoms with Crippen LogP contribution < -0.4 is 15.2 Å². The van der Waals surface area contributed by atoms with E-state index in [2.05, 4.69) is 9.62 Å². The lowest BCUT2D eigenvalue weighted by Gasteiger charge is -2.31. The lowest BCUT2D eigenvalue weighted by Crippen LogP contribution is -2.37. The number of hydrogen-bond donors (Lipinski definition) is 1. The Kier molecular flexibility index (Phi) is 4.11. The van der Waals surface area contributed by atoms with Crippen molar-refractivity contribution in [2.24, 2.45) is 7.05 Å². The van der Waals surface area contributed by atoms with Crippen molar-refractivity contribution in [3.8, 4) is 11.1 Å². The molecule has 2 bridgehead atoms. The highest BCUT2D eigenvalue weighted by Crippen LogP contribution is 2.42. The predicted octanol–water partition coefficient (Wildman–Crippen LogP) is 1.97. The first kappa shape index (κ1) is 18.4. The van der Waals surface area contributed by atoms with Gasteiger partial charge in [0.25, 0.3) is 5.56 Å². The molecule has 2 unspecified atom stereocenters. The van der Waals surface area contributed by atoms with Gasteiger partial charge in [-0.1, -0.05) is 12.2 Å². The van der Waals surface area contributed by atoms with Crippen LogP contribution in [0, 0.1) is 0 Å². The van der Waals surface area contributed by atoms with Crippen LogP contribution in [0.1, 0.15) is 17.5 Å². The molecule has 5 rings (SSSR count). The fourth-order valence-electron chi connectivity index (χ4n) is 4.68. The topological polar surface area (TPSA) is 80.6 Å². The van der Waals surface area contributed by atoms with E-state index in [0.717, 1.165) is 47.2 Å². The third-order valence-electron chi connectivity index (χ3n) is 5.92. The lowest BCUT2D eigenvalue weighted by atomic mass is 9.96. The molecule has 0 radical (unpaired) electrons. The molecule has 1 aliphatic carbocycles. The number of ether oxygens (including phenoxy) is 1. The third-order valence-corrected chi connectivity index (χ3v) is 6.53. The van der Waals surface area contributed by atoms with Crippen LogP contribution in [0.3, 0.4) is 0 Å². The minimum Gasteiger partial charge on any atom is -0.374 e. The smallest absolute Gasteiger partial charge is 0.254 e. The van der Waals surface area contributed by atoms with E-state index in [-0.39, 0.29) is 11.7 Å². The van der Waals surface area contributed by atoms with Gasteiger partial charge in [-0.05, 0) is 36.6 Å². The molecule has 0 spiro atoms. The Labute approximate surface area is 169 Å². The van der Waals surface area contributed by atoms with E-state index in [0.29, 0.717) is 24.8 Å². The number of fused-ring (bicyclic) bond motifs is 3. The van der Waals surface area contributed by atoms with E-state index in [1.807, 2.05) is 30.5 Å². The highest BCUT2D eigenvalue weighted by molar-refractivity contribution is 7.92. The average molecular weight is 413 g/mol. The van der Waals surface area contributed by atoms with Crippen LogP contribution in [-0.4, -0.2) is 44.5 Å². The van der Waals surface area contributed by atoms with Gasteiger partial charge in [0.2, 0.25) is 10.0 Å². The van der Waals surface area contributed by atoms with Crippen molar-refractivity contribution < 1.29 is 13.2 Å². The van der Waals surface area contributed by atoms with Gasteiger partial charge in [0.05, 0.1) is 25.0 Å². The molecule has 29 heavy (non-hydrogen) atoms. The van der Waals surface area contributed by atoms with Crippen molar-refractivity contribution in [3.63, 3.8) is 0 Å². The first-order chi connectivity index (χ1) is 13.8. The van der Waals surface area contributed by atoms with E-state index in [4.69, 9.17) is 4.74 Å². The van der Waals surface area contributed by atoms with Crippen LogP contribution in [0.25, 0.3) is 17.2 Å². The average Bonchev–Trinajstić information content (AvgIpc) is 3.39. The maximum Gasteiger partial charge on any atom is 0.254 e. The number of hydrogen-bond acceptors (Lipinski definition) is 5. The third kappa shape index (κ3) is 3.16. The minimum atomic E-state index is -3.40. The van der Waals surface area contributed by atoms with Crippen LogP contribution in [-0.2, 0) is 28.2 Å². The number of nitrogens with one attached hydrogen (secondary N) is 1. The van der Waals surface area contributed by atoms with Crippen molar-refractivity contribution in [1.29, 1.82) is 0 Å². The molecular weight excluding hydrogens is 390 g/mol. The lowest BCUT2D eigenvalue weighted by molar-refractivity contribution is 0.0992. The molecule has 3 aliphatic rings. The SMILES string of the molecule is Cn1cc(-c2cc(NS(C)(=O)=O)ccc2N2CC3CC2CO3)c2c(c1=O)CC=C2. The normalized spacial score (nSPS) is 22.3. The molecule has 2 aromatic rings. The minimum absolute atomic E-state index is 0.00865. The monoisotopic (exact) mass is 413 g/mol. The Morgan fingerprint density at radius 3 is 2.76 bits per heavy atom. The summed E-state index contributed by atoms with van der Waals surface area (Å²) in [5.41, 5.74) is 5.12.